The smallest absolute Gasteiger partial charge is 0.119 e. The maximum atomic E-state index is 9.61. The first-order valence-electron chi connectivity index (χ1n) is 5.85. The van der Waals surface area contributed by atoms with Crippen LogP contribution in [0.4, 0.5) is 0 Å². The first-order valence-corrected chi connectivity index (χ1v) is 5.85. The first kappa shape index (κ1) is 14.0. The molecule has 0 aromatic heterocycles. The summed E-state index contributed by atoms with van der Waals surface area (Å²) in [6.45, 7) is 7.11. The molecule has 0 saturated carbocycles. The molecule has 0 aliphatic heterocycles. The lowest BCUT2D eigenvalue weighted by atomic mass is 10.1. The number of rotatable bonds is 7. The molecule has 1 atom stereocenters. The van der Waals surface area contributed by atoms with E-state index in [2.05, 4.69) is 11.5 Å². The zero-order valence-corrected chi connectivity index (χ0v) is 10.7. The molecule has 0 fully saturated rings. The van der Waals surface area contributed by atoms with E-state index in [1.165, 1.54) is 0 Å². The van der Waals surface area contributed by atoms with E-state index < -0.39 is 6.10 Å². The molecule has 1 aromatic rings. The van der Waals surface area contributed by atoms with Crippen molar-refractivity contribution in [3.63, 3.8) is 0 Å². The summed E-state index contributed by atoms with van der Waals surface area (Å²) in [5.74, 6) is 0.790. The van der Waals surface area contributed by atoms with Gasteiger partial charge in [0, 0.05) is 0 Å². The van der Waals surface area contributed by atoms with Gasteiger partial charge in [-0.25, -0.2) is 0 Å². The van der Waals surface area contributed by atoms with E-state index in [1.807, 2.05) is 32.9 Å². The van der Waals surface area contributed by atoms with Gasteiger partial charge in [0.15, 0.2) is 0 Å². The lowest BCUT2D eigenvalue weighted by Gasteiger charge is -2.13. The molecule has 96 valence electrons. The molecule has 1 rings (SSSR count). The van der Waals surface area contributed by atoms with Gasteiger partial charge < -0.3 is 14.7 Å². The highest BCUT2D eigenvalue weighted by Crippen LogP contribution is 2.16. The van der Waals surface area contributed by atoms with Crippen molar-refractivity contribution in [1.82, 2.24) is 5.48 Å². The molecule has 0 aliphatic carbocycles. The molecule has 4 nitrogen and oxygen atoms in total. The van der Waals surface area contributed by atoms with Crippen molar-refractivity contribution in [1.29, 1.82) is 0 Å². The highest BCUT2D eigenvalue weighted by atomic mass is 16.6. The summed E-state index contributed by atoms with van der Waals surface area (Å²) in [5, 5.41) is 9.61. The molecule has 0 spiro atoms. The molecule has 1 unspecified atom stereocenters. The topological polar surface area (TPSA) is 50.7 Å². The van der Waals surface area contributed by atoms with Crippen molar-refractivity contribution in [3.05, 3.63) is 29.3 Å². The third-order valence-electron chi connectivity index (χ3n) is 2.20. The third-order valence-corrected chi connectivity index (χ3v) is 2.20. The second-order valence-corrected chi connectivity index (χ2v) is 4.07. The number of aliphatic hydroxyl groups is 1. The molecule has 17 heavy (non-hydrogen) atoms. The van der Waals surface area contributed by atoms with Crippen LogP contribution in [0.15, 0.2) is 18.2 Å². The van der Waals surface area contributed by atoms with E-state index in [0.29, 0.717) is 13.2 Å². The van der Waals surface area contributed by atoms with Crippen LogP contribution in [0.2, 0.25) is 0 Å². The van der Waals surface area contributed by atoms with Crippen molar-refractivity contribution >= 4 is 0 Å². The Morgan fingerprint density at radius 2 is 1.88 bits per heavy atom. The Bertz CT molecular complexity index is 321. The fraction of sp³-hybridized carbons (Fsp3) is 0.538. The number of hydrogen-bond acceptors (Lipinski definition) is 4. The molecular formula is C13H21NO3. The Hall–Kier alpha value is -1.10. The first-order chi connectivity index (χ1) is 8.11. The average molecular weight is 239 g/mol. The number of aliphatic hydroxyl groups excluding tert-OH is 1. The Labute approximate surface area is 103 Å². The highest BCUT2D eigenvalue weighted by molar-refractivity contribution is 5.32. The van der Waals surface area contributed by atoms with Crippen LogP contribution in [0.1, 0.15) is 18.1 Å². The van der Waals surface area contributed by atoms with Gasteiger partial charge in [-0.2, -0.15) is 5.48 Å². The molecule has 0 saturated heterocycles. The predicted molar refractivity (Wildman–Crippen MR) is 67.0 cm³/mol. The lowest BCUT2D eigenvalue weighted by Crippen LogP contribution is -2.31. The van der Waals surface area contributed by atoms with Crippen molar-refractivity contribution in [2.24, 2.45) is 0 Å². The van der Waals surface area contributed by atoms with Crippen LogP contribution in [-0.2, 0) is 4.84 Å². The highest BCUT2D eigenvalue weighted by Gasteiger charge is 2.05. The molecule has 0 bridgehead atoms. The summed E-state index contributed by atoms with van der Waals surface area (Å²) in [7, 11) is 0. The second-order valence-electron chi connectivity index (χ2n) is 4.07. The largest absolute Gasteiger partial charge is 0.491 e. The normalized spacial score (nSPS) is 12.5. The van der Waals surface area contributed by atoms with Gasteiger partial charge in [0.25, 0.3) is 0 Å². The van der Waals surface area contributed by atoms with Gasteiger partial charge in [0.1, 0.15) is 18.5 Å². The molecule has 0 radical (unpaired) electrons. The van der Waals surface area contributed by atoms with E-state index in [9.17, 15) is 5.11 Å². The Morgan fingerprint density at radius 1 is 1.24 bits per heavy atom. The summed E-state index contributed by atoms with van der Waals surface area (Å²) in [4.78, 5) is 4.93. The zero-order valence-electron chi connectivity index (χ0n) is 10.7. The van der Waals surface area contributed by atoms with Gasteiger partial charge in [-0.05, 0) is 44.0 Å². The van der Waals surface area contributed by atoms with Crippen molar-refractivity contribution < 1.29 is 14.7 Å². The Morgan fingerprint density at radius 3 is 2.47 bits per heavy atom. The molecule has 2 N–H and O–H groups in total. The molecule has 0 aliphatic rings. The minimum atomic E-state index is -0.581. The number of nitrogens with one attached hydrogen (secondary N) is 1. The van der Waals surface area contributed by atoms with E-state index in [-0.39, 0.29) is 6.61 Å². The van der Waals surface area contributed by atoms with Gasteiger partial charge in [0.2, 0.25) is 0 Å². The second kappa shape index (κ2) is 7.27. The van der Waals surface area contributed by atoms with E-state index in [4.69, 9.17) is 9.57 Å². The minimum Gasteiger partial charge on any atom is -0.491 e. The summed E-state index contributed by atoms with van der Waals surface area (Å²) < 4.78 is 5.51. The fourth-order valence-electron chi connectivity index (χ4n) is 1.52. The van der Waals surface area contributed by atoms with Gasteiger partial charge in [0.05, 0.1) is 13.2 Å². The van der Waals surface area contributed by atoms with Crippen LogP contribution in [-0.4, -0.2) is 31.0 Å². The van der Waals surface area contributed by atoms with Crippen molar-refractivity contribution in [2.45, 2.75) is 26.9 Å². The fourth-order valence-corrected chi connectivity index (χ4v) is 1.52. The predicted octanol–water partition coefficient (Wildman–Crippen LogP) is 1.58. The van der Waals surface area contributed by atoms with E-state index >= 15 is 0 Å². The van der Waals surface area contributed by atoms with Crippen molar-refractivity contribution in [2.75, 3.05) is 19.8 Å². The molecule has 1 aromatic carbocycles. The van der Waals surface area contributed by atoms with Crippen LogP contribution in [0.25, 0.3) is 0 Å². The zero-order chi connectivity index (χ0) is 12.7. The molecule has 0 heterocycles. The van der Waals surface area contributed by atoms with Crippen LogP contribution in [0.3, 0.4) is 0 Å². The average Bonchev–Trinajstić information content (AvgIpc) is 2.25. The standard InChI is InChI=1S/C13H21NO3/c1-4-17-14-8-12(15)9-16-13-6-10(2)5-11(3)7-13/h5-7,12,14-15H,4,8-9H2,1-3H3. The van der Waals surface area contributed by atoms with E-state index in [1.54, 1.807) is 0 Å². The summed E-state index contributed by atoms with van der Waals surface area (Å²) in [5.41, 5.74) is 4.97. The minimum absolute atomic E-state index is 0.253. The molecule has 0 amide bonds. The Kier molecular flexibility index (Phi) is 5.97. The SMILES string of the molecule is CCONCC(O)COc1cc(C)cc(C)c1. The number of benzene rings is 1. The van der Waals surface area contributed by atoms with Crippen LogP contribution >= 0.6 is 0 Å². The number of ether oxygens (including phenoxy) is 1. The maximum Gasteiger partial charge on any atom is 0.119 e. The number of hydrogen-bond donors (Lipinski definition) is 2. The molecule has 4 heteroatoms. The van der Waals surface area contributed by atoms with Crippen LogP contribution in [0, 0.1) is 13.8 Å². The van der Waals surface area contributed by atoms with E-state index in [0.717, 1.165) is 16.9 Å². The van der Waals surface area contributed by atoms with Gasteiger partial charge in [-0.3, -0.25) is 0 Å². The number of hydroxylamine groups is 1. The quantitative estimate of drug-likeness (QED) is 0.560. The molecular weight excluding hydrogens is 218 g/mol. The third kappa shape index (κ3) is 5.68. The van der Waals surface area contributed by atoms with Gasteiger partial charge >= 0.3 is 0 Å². The van der Waals surface area contributed by atoms with Gasteiger partial charge in [-0.15, -0.1) is 0 Å². The lowest BCUT2D eigenvalue weighted by molar-refractivity contribution is 0.00948. The summed E-state index contributed by atoms with van der Waals surface area (Å²) in [6.07, 6.45) is -0.581. The monoisotopic (exact) mass is 239 g/mol. The van der Waals surface area contributed by atoms with Crippen LogP contribution < -0.4 is 10.2 Å². The Balaban J connectivity index is 2.34. The number of aryl methyl sites for hydroxylation is 2. The summed E-state index contributed by atoms with van der Waals surface area (Å²) in [6, 6.07) is 5.99. The van der Waals surface area contributed by atoms with Gasteiger partial charge in [-0.1, -0.05) is 6.07 Å². The van der Waals surface area contributed by atoms with Crippen molar-refractivity contribution in [3.8, 4) is 5.75 Å². The van der Waals surface area contributed by atoms with Crippen LogP contribution in [0.5, 0.6) is 5.75 Å². The summed E-state index contributed by atoms with van der Waals surface area (Å²) >= 11 is 0. The maximum absolute atomic E-state index is 9.61.